The van der Waals surface area contributed by atoms with Crippen molar-refractivity contribution in [2.75, 3.05) is 13.2 Å². The zero-order valence-corrected chi connectivity index (χ0v) is 50.0. The molecule has 0 saturated heterocycles. The van der Waals surface area contributed by atoms with Gasteiger partial charge in [-0.25, -0.2) is 0 Å². The number of rotatable bonds is 58. The van der Waals surface area contributed by atoms with E-state index >= 15 is 0 Å². The van der Waals surface area contributed by atoms with E-state index in [9.17, 15) is 14.4 Å². The molecule has 0 bridgehead atoms. The number of allylic oxidation sites excluding steroid dienone is 16. The summed E-state index contributed by atoms with van der Waals surface area (Å²) in [6.45, 7) is 6.37. The minimum Gasteiger partial charge on any atom is -0.462 e. The van der Waals surface area contributed by atoms with Gasteiger partial charge in [-0.05, 0) is 83.5 Å². The third-order valence-corrected chi connectivity index (χ3v) is 13.8. The van der Waals surface area contributed by atoms with Gasteiger partial charge in [-0.1, -0.05) is 304 Å². The average Bonchev–Trinajstić information content (AvgIpc) is 3.42. The third kappa shape index (κ3) is 61.2. The fourth-order valence-corrected chi connectivity index (χ4v) is 9.10. The molecule has 1 atom stereocenters. The van der Waals surface area contributed by atoms with Crippen LogP contribution in [0.3, 0.4) is 0 Å². The maximum Gasteiger partial charge on any atom is 0.306 e. The van der Waals surface area contributed by atoms with Gasteiger partial charge in [-0.15, -0.1) is 0 Å². The van der Waals surface area contributed by atoms with Crippen molar-refractivity contribution in [2.24, 2.45) is 0 Å². The molecule has 0 fully saturated rings. The van der Waals surface area contributed by atoms with E-state index in [-0.39, 0.29) is 37.5 Å². The topological polar surface area (TPSA) is 78.9 Å². The molecule has 1 unspecified atom stereocenters. The van der Waals surface area contributed by atoms with E-state index in [1.165, 1.54) is 161 Å². The quantitative estimate of drug-likeness (QED) is 0.0261. The van der Waals surface area contributed by atoms with E-state index in [1.807, 2.05) is 6.08 Å². The fourth-order valence-electron chi connectivity index (χ4n) is 9.10. The molecule has 0 aliphatic rings. The molecule has 0 rings (SSSR count). The Bertz CT molecular complexity index is 1490. The van der Waals surface area contributed by atoms with Crippen molar-refractivity contribution < 1.29 is 28.6 Å². The van der Waals surface area contributed by atoms with Crippen LogP contribution >= 0.6 is 0 Å². The highest BCUT2D eigenvalue weighted by Crippen LogP contribution is 2.17. The summed E-state index contributed by atoms with van der Waals surface area (Å²) in [5.41, 5.74) is 0. The van der Waals surface area contributed by atoms with Crippen LogP contribution in [0.1, 0.15) is 310 Å². The second-order valence-electron chi connectivity index (χ2n) is 21.3. The van der Waals surface area contributed by atoms with Crippen molar-refractivity contribution in [1.29, 1.82) is 0 Å². The number of ether oxygens (including phenoxy) is 3. The molecule has 0 aliphatic carbocycles. The highest BCUT2D eigenvalue weighted by Gasteiger charge is 2.19. The number of unbranched alkanes of at least 4 members (excludes halogenated alkanes) is 31. The molecule has 0 aromatic rings. The maximum atomic E-state index is 12.9. The molecule has 0 aliphatic heterocycles. The Morgan fingerprint density at radius 3 is 0.882 bits per heavy atom. The largest absolute Gasteiger partial charge is 0.462 e. The Kier molecular flexibility index (Phi) is 60.8. The van der Waals surface area contributed by atoms with E-state index < -0.39 is 6.10 Å². The zero-order chi connectivity index (χ0) is 55.0. The molecule has 0 radical (unpaired) electrons. The molecule has 6 heteroatoms. The van der Waals surface area contributed by atoms with Crippen LogP contribution in [0, 0.1) is 0 Å². The molecular weight excluding hydrogens is 937 g/mol. The van der Waals surface area contributed by atoms with Crippen LogP contribution in [-0.4, -0.2) is 37.2 Å². The third-order valence-electron chi connectivity index (χ3n) is 13.8. The normalized spacial score (nSPS) is 12.7. The summed E-state index contributed by atoms with van der Waals surface area (Å²) in [6.07, 6.45) is 85.9. The molecule has 0 N–H and O–H groups in total. The first-order valence-electron chi connectivity index (χ1n) is 32.2. The van der Waals surface area contributed by atoms with Crippen molar-refractivity contribution in [3.8, 4) is 0 Å². The van der Waals surface area contributed by atoms with Crippen LogP contribution in [0.2, 0.25) is 0 Å². The Morgan fingerprint density at radius 2 is 0.539 bits per heavy atom. The molecule has 0 heterocycles. The zero-order valence-electron chi connectivity index (χ0n) is 50.0. The van der Waals surface area contributed by atoms with E-state index in [0.29, 0.717) is 19.3 Å². The van der Waals surface area contributed by atoms with Gasteiger partial charge in [-0.3, -0.25) is 14.4 Å². The van der Waals surface area contributed by atoms with E-state index in [1.54, 1.807) is 0 Å². The highest BCUT2D eigenvalue weighted by molar-refractivity contribution is 5.71. The van der Waals surface area contributed by atoms with E-state index in [4.69, 9.17) is 14.2 Å². The molecule has 0 aromatic heterocycles. The summed E-state index contributed by atoms with van der Waals surface area (Å²) in [5.74, 6) is -0.993. The second-order valence-corrected chi connectivity index (χ2v) is 21.3. The summed E-state index contributed by atoms with van der Waals surface area (Å²) in [6, 6.07) is 0. The van der Waals surface area contributed by atoms with Gasteiger partial charge < -0.3 is 14.2 Å². The minimum atomic E-state index is -0.815. The van der Waals surface area contributed by atoms with Crippen LogP contribution in [0.25, 0.3) is 0 Å². The van der Waals surface area contributed by atoms with Crippen LogP contribution < -0.4 is 0 Å². The van der Waals surface area contributed by atoms with Gasteiger partial charge in [0.2, 0.25) is 0 Å². The van der Waals surface area contributed by atoms with Gasteiger partial charge in [0.25, 0.3) is 0 Å². The smallest absolute Gasteiger partial charge is 0.306 e. The van der Waals surface area contributed by atoms with Gasteiger partial charge in [0.05, 0.1) is 0 Å². The van der Waals surface area contributed by atoms with Gasteiger partial charge in [0.15, 0.2) is 6.10 Å². The standard InChI is InChI=1S/C70H120O6/c1-4-7-10-13-16-19-22-25-27-29-31-32-33-34-35-36-37-39-40-42-45-48-51-54-57-60-63-69(72)75-66-67(65-74-68(71)62-59-56-53-50-47-44-24-21-18-15-12-9-6-3)76-70(73)64-61-58-55-52-49-46-43-41-38-30-28-26-23-20-17-14-11-8-5-2/h8-9,11-12,17-18,20-21,26,28,38,41,44,47,53,56,67H,4-7,10,13-16,19,22-25,27,29-37,39-40,42-43,45-46,48-52,54-55,57-66H2,1-3H3/b11-8-,12-9-,20-17-,21-18-,28-26-,41-38-,47-44-,56-53-. The maximum absolute atomic E-state index is 12.9. The number of carbonyl (C=O) groups is 3. The molecule has 0 aromatic carbocycles. The number of esters is 3. The molecule has 76 heavy (non-hydrogen) atoms. The van der Waals surface area contributed by atoms with Crippen molar-refractivity contribution in [1.82, 2.24) is 0 Å². The van der Waals surface area contributed by atoms with Crippen LogP contribution in [0.5, 0.6) is 0 Å². The van der Waals surface area contributed by atoms with Gasteiger partial charge in [0.1, 0.15) is 13.2 Å². The van der Waals surface area contributed by atoms with Crippen molar-refractivity contribution in [3.63, 3.8) is 0 Å². The fraction of sp³-hybridized carbons (Fsp3) is 0.729. The van der Waals surface area contributed by atoms with Gasteiger partial charge in [-0.2, -0.15) is 0 Å². The first-order valence-corrected chi connectivity index (χ1v) is 32.2. The lowest BCUT2D eigenvalue weighted by molar-refractivity contribution is -0.166. The SMILES string of the molecule is CC/C=C\C/C=C\C/C=C\C/C=C\CCCCCCCCC(=O)OC(COC(=O)CC/C=C\C/C=C\C/C=C\C/C=C\CC)COC(=O)CCCCCCCCCCCCCCCCCCCCCCCCCCCC. The van der Waals surface area contributed by atoms with Crippen LogP contribution in [0.15, 0.2) is 97.2 Å². The molecule has 0 saturated carbocycles. The first kappa shape index (κ1) is 72.3. The minimum absolute atomic E-state index is 0.104. The average molecular weight is 1060 g/mol. The molecule has 0 amide bonds. The first-order chi connectivity index (χ1) is 37.5. The lowest BCUT2D eigenvalue weighted by atomic mass is 10.0. The van der Waals surface area contributed by atoms with Gasteiger partial charge in [0, 0.05) is 19.3 Å². The number of hydrogen-bond donors (Lipinski definition) is 0. The Morgan fingerprint density at radius 1 is 0.276 bits per heavy atom. The van der Waals surface area contributed by atoms with E-state index in [0.717, 1.165) is 103 Å². The van der Waals surface area contributed by atoms with Crippen LogP contribution in [-0.2, 0) is 28.6 Å². The summed E-state index contributed by atoms with van der Waals surface area (Å²) in [4.78, 5) is 38.2. The predicted octanol–water partition coefficient (Wildman–Crippen LogP) is 22.0. The Labute approximate surface area is 470 Å². The molecular formula is C70H120O6. The monoisotopic (exact) mass is 1060 g/mol. The number of hydrogen-bond acceptors (Lipinski definition) is 6. The predicted molar refractivity (Wildman–Crippen MR) is 330 cm³/mol. The number of carbonyl (C=O) groups excluding carboxylic acids is 3. The van der Waals surface area contributed by atoms with Crippen molar-refractivity contribution >= 4 is 17.9 Å². The van der Waals surface area contributed by atoms with Gasteiger partial charge >= 0.3 is 17.9 Å². The molecule has 6 nitrogen and oxygen atoms in total. The van der Waals surface area contributed by atoms with Crippen molar-refractivity contribution in [3.05, 3.63) is 97.2 Å². The Hall–Kier alpha value is -3.67. The summed E-state index contributed by atoms with van der Waals surface area (Å²) >= 11 is 0. The molecule has 0 spiro atoms. The summed E-state index contributed by atoms with van der Waals surface area (Å²) in [5, 5.41) is 0. The lowest BCUT2D eigenvalue weighted by Crippen LogP contribution is -2.30. The lowest BCUT2D eigenvalue weighted by Gasteiger charge is -2.18. The summed E-state index contributed by atoms with van der Waals surface area (Å²) in [7, 11) is 0. The van der Waals surface area contributed by atoms with E-state index in [2.05, 4.69) is 112 Å². The summed E-state index contributed by atoms with van der Waals surface area (Å²) < 4.78 is 16.8. The second kappa shape index (κ2) is 63.9. The Balaban J connectivity index is 4.32. The highest BCUT2D eigenvalue weighted by atomic mass is 16.6. The molecule has 436 valence electrons. The van der Waals surface area contributed by atoms with Crippen molar-refractivity contribution in [2.45, 2.75) is 316 Å². The van der Waals surface area contributed by atoms with Crippen LogP contribution in [0.4, 0.5) is 0 Å².